The van der Waals surface area contributed by atoms with E-state index in [9.17, 15) is 4.79 Å². The van der Waals surface area contributed by atoms with Crippen LogP contribution in [0.3, 0.4) is 0 Å². The topological polar surface area (TPSA) is 38.3 Å². The lowest BCUT2D eigenvalue weighted by Gasteiger charge is -2.21. The quantitative estimate of drug-likeness (QED) is 0.479. The zero-order valence-electron chi connectivity index (χ0n) is 8.59. The monoisotopic (exact) mass is 182 g/mol. The Labute approximate surface area is 81.8 Å². The lowest BCUT2D eigenvalue weighted by molar-refractivity contribution is -0.157. The van der Waals surface area contributed by atoms with E-state index in [0.29, 0.717) is 0 Å². The van der Waals surface area contributed by atoms with E-state index in [1.807, 2.05) is 20.8 Å². The lowest BCUT2D eigenvalue weighted by atomic mass is 10.2. The van der Waals surface area contributed by atoms with E-state index >= 15 is 0 Å². The van der Waals surface area contributed by atoms with E-state index in [-0.39, 0.29) is 26.0 Å². The van der Waals surface area contributed by atoms with Gasteiger partial charge in [-0.3, -0.25) is 4.79 Å². The molecule has 0 saturated carbocycles. The van der Waals surface area contributed by atoms with Gasteiger partial charge in [-0.1, -0.05) is 0 Å². The maximum atomic E-state index is 11.4. The minimum atomic E-state index is -0.360. The molecule has 1 N–H and O–H groups in total. The molecule has 0 aromatic heterocycles. The summed E-state index contributed by atoms with van der Waals surface area (Å²) in [4.78, 5) is 11.4. The average Bonchev–Trinajstić information content (AvgIpc) is 2.32. The van der Waals surface area contributed by atoms with Crippen LogP contribution in [0.15, 0.2) is 0 Å². The van der Waals surface area contributed by atoms with E-state index in [2.05, 4.69) is 5.32 Å². The molecule has 3 radical (unpaired) electrons. The minimum Gasteiger partial charge on any atom is -0.459 e. The number of carbonyl (C=O) groups excluding carboxylic acids is 1. The first-order valence-corrected chi connectivity index (χ1v) is 4.45. The summed E-state index contributed by atoms with van der Waals surface area (Å²) in [6, 6.07) is -0.0655. The highest BCUT2D eigenvalue weighted by Gasteiger charge is 2.26. The number of carbonyl (C=O) groups is 1. The fourth-order valence-electron chi connectivity index (χ4n) is 1.26. The first-order valence-electron chi connectivity index (χ1n) is 4.45. The SMILES string of the molecule is CC(C)(C)OC(=O)[C@@H]1CCCN1.[B]. The van der Waals surface area contributed by atoms with Gasteiger partial charge in [0.05, 0.1) is 0 Å². The second kappa shape index (κ2) is 4.65. The second-order valence-corrected chi connectivity index (χ2v) is 4.18. The average molecular weight is 182 g/mol. The molecule has 73 valence electrons. The molecule has 1 atom stereocenters. The van der Waals surface area contributed by atoms with Crippen molar-refractivity contribution in [3.8, 4) is 0 Å². The summed E-state index contributed by atoms with van der Waals surface area (Å²) in [6.07, 6.45) is 1.98. The van der Waals surface area contributed by atoms with Crippen molar-refractivity contribution in [1.29, 1.82) is 0 Å². The number of rotatable bonds is 1. The van der Waals surface area contributed by atoms with Crippen LogP contribution in [-0.2, 0) is 9.53 Å². The van der Waals surface area contributed by atoms with Crippen molar-refractivity contribution in [3.63, 3.8) is 0 Å². The lowest BCUT2D eigenvalue weighted by Crippen LogP contribution is -2.37. The van der Waals surface area contributed by atoms with Crippen LogP contribution in [0.25, 0.3) is 0 Å². The van der Waals surface area contributed by atoms with Crippen LogP contribution in [0.4, 0.5) is 0 Å². The van der Waals surface area contributed by atoms with Crippen molar-refractivity contribution in [2.24, 2.45) is 0 Å². The molecule has 3 nitrogen and oxygen atoms in total. The number of hydrogen-bond donors (Lipinski definition) is 1. The van der Waals surface area contributed by atoms with Gasteiger partial charge in [-0.15, -0.1) is 0 Å². The molecule has 1 saturated heterocycles. The van der Waals surface area contributed by atoms with Gasteiger partial charge in [0.25, 0.3) is 0 Å². The normalized spacial score (nSPS) is 22.2. The van der Waals surface area contributed by atoms with Crippen LogP contribution < -0.4 is 5.32 Å². The summed E-state index contributed by atoms with van der Waals surface area (Å²) >= 11 is 0. The summed E-state index contributed by atoms with van der Waals surface area (Å²) in [5, 5.41) is 3.10. The predicted octanol–water partition coefficient (Wildman–Crippen LogP) is 0.699. The third kappa shape index (κ3) is 4.32. The standard InChI is InChI=1S/C9H17NO2.B/c1-9(2,3)12-8(11)7-5-4-6-10-7;/h7,10H,4-6H2,1-3H3;/t7-;/m0./s1. The van der Waals surface area contributed by atoms with Crippen molar-refractivity contribution in [3.05, 3.63) is 0 Å². The summed E-state index contributed by atoms with van der Waals surface area (Å²) in [5.74, 6) is -0.111. The third-order valence-corrected chi connectivity index (χ3v) is 1.75. The summed E-state index contributed by atoms with van der Waals surface area (Å²) in [7, 11) is 0. The second-order valence-electron chi connectivity index (χ2n) is 4.18. The molecule has 1 heterocycles. The molecule has 1 rings (SSSR count). The number of esters is 1. The molecule has 0 aromatic carbocycles. The Morgan fingerprint density at radius 1 is 1.46 bits per heavy atom. The van der Waals surface area contributed by atoms with Gasteiger partial charge in [-0.2, -0.15) is 0 Å². The maximum Gasteiger partial charge on any atom is 0.323 e. The largest absolute Gasteiger partial charge is 0.459 e. The molecule has 0 aromatic rings. The molecule has 0 unspecified atom stereocenters. The van der Waals surface area contributed by atoms with Crippen LogP contribution in [0, 0.1) is 0 Å². The molecule has 1 aliphatic rings. The third-order valence-electron chi connectivity index (χ3n) is 1.75. The van der Waals surface area contributed by atoms with Crippen molar-refractivity contribution in [2.75, 3.05) is 6.54 Å². The van der Waals surface area contributed by atoms with Gasteiger partial charge in [-0.05, 0) is 40.2 Å². The molecule has 1 aliphatic heterocycles. The van der Waals surface area contributed by atoms with Gasteiger partial charge >= 0.3 is 5.97 Å². The van der Waals surface area contributed by atoms with Crippen LogP contribution >= 0.6 is 0 Å². The fourth-order valence-corrected chi connectivity index (χ4v) is 1.26. The summed E-state index contributed by atoms with van der Waals surface area (Å²) < 4.78 is 5.22. The Bertz CT molecular complexity index is 171. The smallest absolute Gasteiger partial charge is 0.323 e. The van der Waals surface area contributed by atoms with E-state index < -0.39 is 0 Å². The van der Waals surface area contributed by atoms with Crippen LogP contribution in [0.5, 0.6) is 0 Å². The fraction of sp³-hybridized carbons (Fsp3) is 0.889. The molecule has 1 fully saturated rings. The van der Waals surface area contributed by atoms with Crippen LogP contribution in [0.2, 0.25) is 0 Å². The maximum absolute atomic E-state index is 11.4. The Morgan fingerprint density at radius 2 is 2.08 bits per heavy atom. The van der Waals surface area contributed by atoms with E-state index in [1.54, 1.807) is 0 Å². The molecule has 0 bridgehead atoms. The highest BCUT2D eigenvalue weighted by molar-refractivity contribution is 5.76. The summed E-state index contributed by atoms with van der Waals surface area (Å²) in [6.45, 7) is 6.60. The van der Waals surface area contributed by atoms with Gasteiger partial charge in [0, 0.05) is 8.41 Å². The first kappa shape index (κ1) is 12.5. The van der Waals surface area contributed by atoms with E-state index in [0.717, 1.165) is 19.4 Å². The van der Waals surface area contributed by atoms with Crippen molar-refractivity contribution >= 4 is 14.4 Å². The van der Waals surface area contributed by atoms with Crippen LogP contribution in [-0.4, -0.2) is 32.6 Å². The van der Waals surface area contributed by atoms with Crippen molar-refractivity contribution < 1.29 is 9.53 Å². The van der Waals surface area contributed by atoms with Gasteiger partial charge < -0.3 is 10.1 Å². The molecular formula is C9H17BNO2. The van der Waals surface area contributed by atoms with Gasteiger partial charge in [0.2, 0.25) is 0 Å². The molecule has 0 amide bonds. The van der Waals surface area contributed by atoms with Gasteiger partial charge in [0.15, 0.2) is 0 Å². The molecule has 13 heavy (non-hydrogen) atoms. The van der Waals surface area contributed by atoms with E-state index in [1.165, 1.54) is 0 Å². The predicted molar refractivity (Wildman–Crippen MR) is 52.6 cm³/mol. The number of hydrogen-bond acceptors (Lipinski definition) is 3. The highest BCUT2D eigenvalue weighted by atomic mass is 16.6. The molecule has 4 heteroatoms. The van der Waals surface area contributed by atoms with Crippen molar-refractivity contribution in [2.45, 2.75) is 45.3 Å². The Morgan fingerprint density at radius 3 is 2.46 bits per heavy atom. The van der Waals surface area contributed by atoms with Crippen LogP contribution in [0.1, 0.15) is 33.6 Å². The zero-order chi connectivity index (χ0) is 9.19. The Balaban J connectivity index is 0.00000144. The van der Waals surface area contributed by atoms with E-state index in [4.69, 9.17) is 4.74 Å². The summed E-state index contributed by atoms with van der Waals surface area (Å²) in [5.41, 5.74) is -0.360. The molecule has 0 aliphatic carbocycles. The molecule has 0 spiro atoms. The van der Waals surface area contributed by atoms with Gasteiger partial charge in [0.1, 0.15) is 11.6 Å². The van der Waals surface area contributed by atoms with Crippen molar-refractivity contribution in [1.82, 2.24) is 5.32 Å². The first-order chi connectivity index (χ1) is 5.49. The Hall–Kier alpha value is -0.505. The highest BCUT2D eigenvalue weighted by Crippen LogP contribution is 2.12. The Kier molecular flexibility index (Phi) is 4.47. The van der Waals surface area contributed by atoms with Gasteiger partial charge in [-0.25, -0.2) is 0 Å². The molecular weight excluding hydrogens is 165 g/mol. The number of nitrogens with one attached hydrogen (secondary N) is 1. The minimum absolute atomic E-state index is 0. The zero-order valence-corrected chi connectivity index (χ0v) is 8.59. The number of ether oxygens (including phenoxy) is 1.